The van der Waals surface area contributed by atoms with E-state index in [1.807, 2.05) is 13.1 Å². The molecule has 0 saturated carbocycles. The minimum atomic E-state index is -0.103. The van der Waals surface area contributed by atoms with Gasteiger partial charge >= 0.3 is 0 Å². The fraction of sp³-hybridized carbons (Fsp3) is 0.333. The Bertz CT molecular complexity index is 600. The van der Waals surface area contributed by atoms with E-state index in [1.165, 1.54) is 0 Å². The fourth-order valence-corrected chi connectivity index (χ4v) is 1.87. The van der Waals surface area contributed by atoms with E-state index < -0.39 is 0 Å². The van der Waals surface area contributed by atoms with Gasteiger partial charge in [-0.15, -0.1) is 0 Å². The van der Waals surface area contributed by atoms with Gasteiger partial charge in [0.25, 0.3) is 5.91 Å². The van der Waals surface area contributed by atoms with Crippen LogP contribution in [0.1, 0.15) is 28.7 Å². The predicted octanol–water partition coefficient (Wildman–Crippen LogP) is 1.58. The molecule has 0 aliphatic carbocycles. The number of pyridine rings is 1. The highest BCUT2D eigenvalue weighted by atomic mass is 16.1. The van der Waals surface area contributed by atoms with E-state index in [0.29, 0.717) is 18.7 Å². The molecule has 2 N–H and O–H groups in total. The number of rotatable bonds is 6. The van der Waals surface area contributed by atoms with Gasteiger partial charge in [0.15, 0.2) is 0 Å². The number of anilines is 1. The minimum absolute atomic E-state index is 0.103. The summed E-state index contributed by atoms with van der Waals surface area (Å²) in [6.07, 6.45) is 5.90. The molecule has 0 bridgehead atoms. The molecule has 0 aromatic carbocycles. The lowest BCUT2D eigenvalue weighted by molar-refractivity contribution is 0.0955. The lowest BCUT2D eigenvalue weighted by atomic mass is 10.2. The number of carbonyl (C=O) groups excluding carboxylic acids is 1. The first-order chi connectivity index (χ1) is 10.2. The van der Waals surface area contributed by atoms with Gasteiger partial charge in [0.1, 0.15) is 11.6 Å². The maximum Gasteiger partial charge on any atom is 0.251 e. The lowest BCUT2D eigenvalue weighted by Crippen LogP contribution is -2.29. The molecule has 1 amide bonds. The van der Waals surface area contributed by atoms with Crippen LogP contribution in [0.2, 0.25) is 0 Å². The van der Waals surface area contributed by atoms with Crippen molar-refractivity contribution in [1.82, 2.24) is 20.3 Å². The topological polar surface area (TPSA) is 79.8 Å². The molecule has 0 aliphatic rings. The number of hydrogen-bond donors (Lipinski definition) is 2. The molecular formula is C15H19N5O. The van der Waals surface area contributed by atoms with Crippen LogP contribution in [0, 0.1) is 6.92 Å². The normalized spacial score (nSPS) is 10.2. The van der Waals surface area contributed by atoms with Crippen LogP contribution in [0.5, 0.6) is 0 Å². The molecule has 0 radical (unpaired) electrons. The van der Waals surface area contributed by atoms with Crippen molar-refractivity contribution in [3.63, 3.8) is 0 Å². The quantitative estimate of drug-likeness (QED) is 0.788. The minimum Gasteiger partial charge on any atom is -0.368 e. The Balaban J connectivity index is 1.82. The van der Waals surface area contributed by atoms with Gasteiger partial charge in [-0.1, -0.05) is 6.92 Å². The molecule has 2 rings (SSSR count). The van der Waals surface area contributed by atoms with Gasteiger partial charge in [-0.3, -0.25) is 9.78 Å². The van der Waals surface area contributed by atoms with Gasteiger partial charge in [0.2, 0.25) is 0 Å². The highest BCUT2D eigenvalue weighted by Gasteiger charge is 2.05. The average molecular weight is 285 g/mol. The maximum atomic E-state index is 11.8. The van der Waals surface area contributed by atoms with Crippen molar-refractivity contribution in [2.24, 2.45) is 0 Å². The summed E-state index contributed by atoms with van der Waals surface area (Å²) in [4.78, 5) is 24.3. The summed E-state index contributed by atoms with van der Waals surface area (Å²) >= 11 is 0. The second-order valence-corrected chi connectivity index (χ2v) is 4.56. The van der Waals surface area contributed by atoms with E-state index in [2.05, 4.69) is 32.5 Å². The Labute approximate surface area is 124 Å². The zero-order valence-corrected chi connectivity index (χ0v) is 12.3. The van der Waals surface area contributed by atoms with Crippen molar-refractivity contribution in [1.29, 1.82) is 0 Å². The molecule has 0 atom stereocenters. The predicted molar refractivity (Wildman–Crippen MR) is 81.2 cm³/mol. The summed E-state index contributed by atoms with van der Waals surface area (Å²) in [7, 11) is 0. The van der Waals surface area contributed by atoms with Crippen LogP contribution in [-0.2, 0) is 6.42 Å². The molecule has 0 aliphatic heterocycles. The first-order valence-corrected chi connectivity index (χ1v) is 6.95. The molecule has 6 nitrogen and oxygen atoms in total. The Hall–Kier alpha value is -2.50. The van der Waals surface area contributed by atoms with Crippen LogP contribution in [-0.4, -0.2) is 33.9 Å². The standard InChI is InChI=1S/C15H19N5O/c1-3-12-10-19-11(2)20-14(12)17-8-9-18-15(21)13-4-6-16-7-5-13/h4-7,10H,3,8-9H2,1-2H3,(H,18,21)(H,17,19,20). The van der Waals surface area contributed by atoms with E-state index in [0.717, 1.165) is 23.6 Å². The van der Waals surface area contributed by atoms with E-state index in [9.17, 15) is 4.79 Å². The number of amides is 1. The number of carbonyl (C=O) groups is 1. The zero-order chi connectivity index (χ0) is 15.1. The van der Waals surface area contributed by atoms with Crippen molar-refractivity contribution >= 4 is 11.7 Å². The van der Waals surface area contributed by atoms with E-state index in [-0.39, 0.29) is 5.91 Å². The fourth-order valence-electron chi connectivity index (χ4n) is 1.87. The molecule has 21 heavy (non-hydrogen) atoms. The van der Waals surface area contributed by atoms with Crippen molar-refractivity contribution in [2.45, 2.75) is 20.3 Å². The summed E-state index contributed by atoms with van der Waals surface area (Å²) in [5.41, 5.74) is 1.68. The molecule has 0 unspecified atom stereocenters. The first kappa shape index (κ1) is 14.9. The third-order valence-corrected chi connectivity index (χ3v) is 3.01. The second kappa shape index (κ2) is 7.33. The first-order valence-electron chi connectivity index (χ1n) is 6.95. The van der Waals surface area contributed by atoms with Gasteiger partial charge in [0.05, 0.1) is 0 Å². The van der Waals surface area contributed by atoms with Crippen LogP contribution in [0.15, 0.2) is 30.7 Å². The van der Waals surface area contributed by atoms with Crippen LogP contribution in [0.3, 0.4) is 0 Å². The zero-order valence-electron chi connectivity index (χ0n) is 12.3. The second-order valence-electron chi connectivity index (χ2n) is 4.56. The molecule has 2 heterocycles. The van der Waals surface area contributed by atoms with Crippen LogP contribution in [0.4, 0.5) is 5.82 Å². The van der Waals surface area contributed by atoms with Gasteiger partial charge in [-0.2, -0.15) is 0 Å². The monoisotopic (exact) mass is 285 g/mol. The van der Waals surface area contributed by atoms with Gasteiger partial charge in [-0.25, -0.2) is 9.97 Å². The van der Waals surface area contributed by atoms with Crippen molar-refractivity contribution in [2.75, 3.05) is 18.4 Å². The Kier molecular flexibility index (Phi) is 5.20. The van der Waals surface area contributed by atoms with Crippen molar-refractivity contribution in [3.05, 3.63) is 47.7 Å². The molecule has 0 saturated heterocycles. The summed E-state index contributed by atoms with van der Waals surface area (Å²) in [5, 5.41) is 6.08. The SMILES string of the molecule is CCc1cnc(C)nc1NCCNC(=O)c1ccncc1. The highest BCUT2D eigenvalue weighted by Crippen LogP contribution is 2.11. The molecule has 110 valence electrons. The van der Waals surface area contributed by atoms with Crippen LogP contribution in [0.25, 0.3) is 0 Å². The number of nitrogens with one attached hydrogen (secondary N) is 2. The van der Waals surface area contributed by atoms with Crippen molar-refractivity contribution < 1.29 is 4.79 Å². The molecular weight excluding hydrogens is 266 g/mol. The van der Waals surface area contributed by atoms with Crippen LogP contribution >= 0.6 is 0 Å². The summed E-state index contributed by atoms with van der Waals surface area (Å²) in [6, 6.07) is 3.37. The van der Waals surface area contributed by atoms with Crippen molar-refractivity contribution in [3.8, 4) is 0 Å². The molecule has 2 aromatic rings. The summed E-state index contributed by atoms with van der Waals surface area (Å²) in [6.45, 7) is 5.05. The molecule has 0 spiro atoms. The average Bonchev–Trinajstić information content (AvgIpc) is 2.52. The van der Waals surface area contributed by atoms with Crippen LogP contribution < -0.4 is 10.6 Å². The largest absolute Gasteiger partial charge is 0.368 e. The number of nitrogens with zero attached hydrogens (tertiary/aromatic N) is 3. The maximum absolute atomic E-state index is 11.8. The molecule has 6 heteroatoms. The molecule has 0 fully saturated rings. The van der Waals surface area contributed by atoms with Gasteiger partial charge in [-0.05, 0) is 25.5 Å². The Morgan fingerprint density at radius 2 is 2.00 bits per heavy atom. The highest BCUT2D eigenvalue weighted by molar-refractivity contribution is 5.93. The van der Waals surface area contributed by atoms with E-state index in [4.69, 9.17) is 0 Å². The Morgan fingerprint density at radius 3 is 2.71 bits per heavy atom. The lowest BCUT2D eigenvalue weighted by Gasteiger charge is -2.11. The Morgan fingerprint density at radius 1 is 1.24 bits per heavy atom. The van der Waals surface area contributed by atoms with Gasteiger partial charge in [0, 0.05) is 42.8 Å². The number of aryl methyl sites for hydroxylation is 2. The van der Waals surface area contributed by atoms with E-state index >= 15 is 0 Å². The summed E-state index contributed by atoms with van der Waals surface area (Å²) in [5.74, 6) is 1.47. The third-order valence-electron chi connectivity index (χ3n) is 3.01. The third kappa shape index (κ3) is 4.24. The van der Waals surface area contributed by atoms with E-state index in [1.54, 1.807) is 24.5 Å². The molecule has 2 aromatic heterocycles. The van der Waals surface area contributed by atoms with Gasteiger partial charge < -0.3 is 10.6 Å². The number of hydrogen-bond acceptors (Lipinski definition) is 5. The number of aromatic nitrogens is 3. The summed E-state index contributed by atoms with van der Waals surface area (Å²) < 4.78 is 0. The smallest absolute Gasteiger partial charge is 0.251 e.